The monoisotopic (exact) mass is 307 g/mol. The van der Waals surface area contributed by atoms with Gasteiger partial charge in [-0.3, -0.25) is 4.79 Å². The minimum Gasteiger partial charge on any atom is -0.452 e. The van der Waals surface area contributed by atoms with Gasteiger partial charge in [-0.2, -0.15) is 0 Å². The van der Waals surface area contributed by atoms with Crippen LogP contribution >= 0.6 is 11.6 Å². The van der Waals surface area contributed by atoms with Crippen molar-refractivity contribution in [2.75, 3.05) is 11.9 Å². The smallest absolute Gasteiger partial charge is 0.260 e. The van der Waals surface area contributed by atoms with E-state index in [-0.39, 0.29) is 35.1 Å². The topological polar surface area (TPSA) is 62.5 Å². The van der Waals surface area contributed by atoms with Crippen LogP contribution in [0.15, 0.2) is 34.9 Å². The number of amides is 1. The maximum atomic E-state index is 13.8. The molecule has 2 rings (SSSR count). The third-order valence-electron chi connectivity index (χ3n) is 2.55. The third kappa shape index (κ3) is 3.85. The highest BCUT2D eigenvalue weighted by Crippen LogP contribution is 2.19. The number of benzene rings is 1. The summed E-state index contributed by atoms with van der Waals surface area (Å²) in [5.41, 5.74) is 0.647. The molecular weight excluding hydrogens is 297 g/mol. The van der Waals surface area contributed by atoms with E-state index in [4.69, 9.17) is 21.1 Å². The first-order chi connectivity index (χ1) is 10.1. The SMILES string of the molecule is O=C(Nc1ccc(C#CCCO)c(F)c1)c1ccoc1Cl. The second kappa shape index (κ2) is 6.93. The predicted molar refractivity (Wildman–Crippen MR) is 76.7 cm³/mol. The number of aliphatic hydroxyl groups is 1. The highest BCUT2D eigenvalue weighted by atomic mass is 35.5. The molecule has 1 heterocycles. The number of anilines is 1. The van der Waals surface area contributed by atoms with Crippen molar-refractivity contribution in [3.63, 3.8) is 0 Å². The number of carbonyl (C=O) groups is 1. The molecule has 21 heavy (non-hydrogen) atoms. The van der Waals surface area contributed by atoms with Gasteiger partial charge in [0, 0.05) is 12.1 Å². The van der Waals surface area contributed by atoms with Gasteiger partial charge in [0.2, 0.25) is 5.22 Å². The van der Waals surface area contributed by atoms with Crippen LogP contribution in [0.1, 0.15) is 22.3 Å². The number of halogens is 2. The van der Waals surface area contributed by atoms with Gasteiger partial charge >= 0.3 is 0 Å². The number of nitrogens with one attached hydrogen (secondary N) is 1. The number of furan rings is 1. The van der Waals surface area contributed by atoms with E-state index in [0.29, 0.717) is 0 Å². The van der Waals surface area contributed by atoms with Gasteiger partial charge in [-0.1, -0.05) is 11.8 Å². The largest absolute Gasteiger partial charge is 0.452 e. The van der Waals surface area contributed by atoms with Crippen molar-refractivity contribution in [1.29, 1.82) is 0 Å². The summed E-state index contributed by atoms with van der Waals surface area (Å²) in [6.45, 7) is -0.0752. The average molecular weight is 308 g/mol. The summed E-state index contributed by atoms with van der Waals surface area (Å²) in [5, 5.41) is 11.1. The van der Waals surface area contributed by atoms with Crippen molar-refractivity contribution < 1.29 is 18.7 Å². The second-order valence-corrected chi connectivity index (χ2v) is 4.38. The molecule has 0 aliphatic heterocycles. The predicted octanol–water partition coefficient (Wildman–Crippen LogP) is 3.06. The van der Waals surface area contributed by atoms with Crippen molar-refractivity contribution in [3.05, 3.63) is 52.7 Å². The van der Waals surface area contributed by atoms with E-state index in [1.807, 2.05) is 0 Å². The van der Waals surface area contributed by atoms with Gasteiger partial charge in [0.25, 0.3) is 5.91 Å². The summed E-state index contributed by atoms with van der Waals surface area (Å²) in [6.07, 6.45) is 1.56. The van der Waals surface area contributed by atoms with Crippen molar-refractivity contribution in [2.24, 2.45) is 0 Å². The molecule has 0 radical (unpaired) electrons. The molecular formula is C15H11ClFNO3. The molecule has 0 bridgehead atoms. The molecule has 0 saturated carbocycles. The highest BCUT2D eigenvalue weighted by molar-refractivity contribution is 6.32. The van der Waals surface area contributed by atoms with E-state index in [2.05, 4.69) is 17.2 Å². The molecule has 1 amide bonds. The summed E-state index contributed by atoms with van der Waals surface area (Å²) in [4.78, 5) is 11.9. The molecule has 1 aromatic heterocycles. The fraction of sp³-hybridized carbons (Fsp3) is 0.133. The fourth-order valence-corrected chi connectivity index (χ4v) is 1.76. The zero-order valence-electron chi connectivity index (χ0n) is 10.8. The van der Waals surface area contributed by atoms with Crippen LogP contribution in [0.5, 0.6) is 0 Å². The molecule has 0 unspecified atom stereocenters. The van der Waals surface area contributed by atoms with Crippen LogP contribution in [0.3, 0.4) is 0 Å². The lowest BCUT2D eigenvalue weighted by Crippen LogP contribution is -2.11. The van der Waals surface area contributed by atoms with Gasteiger partial charge < -0.3 is 14.8 Å². The van der Waals surface area contributed by atoms with Gasteiger partial charge in [0.05, 0.1) is 24.0 Å². The van der Waals surface area contributed by atoms with E-state index in [0.717, 1.165) is 6.07 Å². The zero-order chi connectivity index (χ0) is 15.2. The van der Waals surface area contributed by atoms with Crippen LogP contribution in [-0.2, 0) is 0 Å². The Balaban J connectivity index is 2.12. The Morgan fingerprint density at radius 3 is 2.86 bits per heavy atom. The second-order valence-electron chi connectivity index (χ2n) is 4.03. The van der Waals surface area contributed by atoms with E-state index < -0.39 is 11.7 Å². The average Bonchev–Trinajstić information content (AvgIpc) is 2.88. The van der Waals surface area contributed by atoms with Crippen LogP contribution in [0, 0.1) is 17.7 Å². The Labute approximate surface area is 125 Å². The molecule has 1 aromatic carbocycles. The van der Waals surface area contributed by atoms with Crippen LogP contribution in [0.4, 0.5) is 10.1 Å². The van der Waals surface area contributed by atoms with E-state index >= 15 is 0 Å². The van der Waals surface area contributed by atoms with Crippen molar-refractivity contribution in [1.82, 2.24) is 0 Å². The molecule has 4 nitrogen and oxygen atoms in total. The summed E-state index contributed by atoms with van der Waals surface area (Å²) < 4.78 is 18.6. The molecule has 0 aliphatic rings. The molecule has 0 saturated heterocycles. The Bertz CT molecular complexity index is 715. The Kier molecular flexibility index (Phi) is 4.99. The third-order valence-corrected chi connectivity index (χ3v) is 2.84. The minimum atomic E-state index is -0.559. The molecule has 6 heteroatoms. The number of hydrogen-bond acceptors (Lipinski definition) is 3. The fourth-order valence-electron chi connectivity index (χ4n) is 1.56. The lowest BCUT2D eigenvalue weighted by atomic mass is 10.2. The van der Waals surface area contributed by atoms with Crippen molar-refractivity contribution in [3.8, 4) is 11.8 Å². The van der Waals surface area contributed by atoms with Crippen LogP contribution in [0.2, 0.25) is 5.22 Å². The first-order valence-corrected chi connectivity index (χ1v) is 6.43. The van der Waals surface area contributed by atoms with Gasteiger partial charge in [-0.15, -0.1) is 0 Å². The highest BCUT2D eigenvalue weighted by Gasteiger charge is 2.13. The molecule has 0 fully saturated rings. The molecule has 2 aromatic rings. The van der Waals surface area contributed by atoms with Gasteiger partial charge in [0.1, 0.15) is 5.82 Å². The lowest BCUT2D eigenvalue weighted by Gasteiger charge is -2.04. The Morgan fingerprint density at radius 2 is 2.24 bits per heavy atom. The number of carbonyl (C=O) groups excluding carboxylic acids is 1. The van der Waals surface area contributed by atoms with Gasteiger partial charge in [-0.25, -0.2) is 4.39 Å². The quantitative estimate of drug-likeness (QED) is 0.857. The van der Waals surface area contributed by atoms with Crippen LogP contribution in [-0.4, -0.2) is 17.6 Å². The van der Waals surface area contributed by atoms with E-state index in [1.165, 1.54) is 24.5 Å². The molecule has 0 aliphatic carbocycles. The number of hydrogen-bond donors (Lipinski definition) is 2. The van der Waals surface area contributed by atoms with Crippen molar-refractivity contribution in [2.45, 2.75) is 6.42 Å². The number of rotatable bonds is 3. The Hall–Kier alpha value is -2.29. The maximum absolute atomic E-state index is 13.8. The zero-order valence-corrected chi connectivity index (χ0v) is 11.6. The van der Waals surface area contributed by atoms with Crippen molar-refractivity contribution >= 4 is 23.2 Å². The van der Waals surface area contributed by atoms with E-state index in [1.54, 1.807) is 0 Å². The molecule has 2 N–H and O–H groups in total. The summed E-state index contributed by atoms with van der Waals surface area (Å²) >= 11 is 5.69. The van der Waals surface area contributed by atoms with Gasteiger partial charge in [0.15, 0.2) is 0 Å². The standard InChI is InChI=1S/C15H11ClFNO3/c16-14-12(6-8-21-14)15(20)18-11-5-4-10(13(17)9-11)3-1-2-7-19/h4-6,8-9,19H,2,7H2,(H,18,20). The number of aliphatic hydroxyl groups excluding tert-OH is 1. The minimum absolute atomic E-state index is 0.0283. The Morgan fingerprint density at radius 1 is 1.43 bits per heavy atom. The van der Waals surface area contributed by atoms with Crippen LogP contribution in [0.25, 0.3) is 0 Å². The molecule has 0 spiro atoms. The summed E-state index contributed by atoms with van der Waals surface area (Å²) in [6, 6.07) is 5.56. The van der Waals surface area contributed by atoms with Gasteiger partial charge in [-0.05, 0) is 35.9 Å². The maximum Gasteiger partial charge on any atom is 0.260 e. The molecule has 108 valence electrons. The van der Waals surface area contributed by atoms with E-state index in [9.17, 15) is 9.18 Å². The molecule has 0 atom stereocenters. The normalized spacial score (nSPS) is 9.86. The lowest BCUT2D eigenvalue weighted by molar-refractivity contribution is 0.102. The van der Waals surface area contributed by atoms with Crippen LogP contribution < -0.4 is 5.32 Å². The summed E-state index contributed by atoms with van der Waals surface area (Å²) in [7, 11) is 0. The summed E-state index contributed by atoms with van der Waals surface area (Å²) in [5.74, 6) is 4.17. The first kappa shape index (κ1) is 15.1. The first-order valence-electron chi connectivity index (χ1n) is 6.05.